The molecule has 6 heterocycles. The molecule has 7 rings (SSSR count). The summed E-state index contributed by atoms with van der Waals surface area (Å²) in [5.41, 5.74) is 12.0. The standard InChI is InChI=1S/C48H54N8O10S3/c1-46(2,3)64-43(60)48(7,8)66-53-37(34-26-69-44(50)51-34)36(57)19-33-40(58)56-38(42(59)63-23-27-10-12-31(62-9)13-11-27)30(25-68-41(33)56)21-54-16-15-35-28(20-54)14-17-55(35)22-32-18-29(24-67-32)39(49)52-45(61)65-47(4,5)6/h10-18,20,24,26,33,41H,19,21-23,25H2,1-9H3,(H3-,49,50,51,52,61)/p+1/b53-37-/t33-,41-/m1/s1. The number of benzene rings is 1. The minimum atomic E-state index is -1.58. The van der Waals surface area contributed by atoms with Crippen molar-refractivity contribution >= 4 is 91.7 Å². The lowest BCUT2D eigenvalue weighted by Gasteiger charge is -2.49. The summed E-state index contributed by atoms with van der Waals surface area (Å²) in [5.74, 6) is -2.13. The zero-order valence-electron chi connectivity index (χ0n) is 39.8. The Morgan fingerprint density at radius 3 is 2.35 bits per heavy atom. The highest BCUT2D eigenvalue weighted by Crippen LogP contribution is 2.46. The van der Waals surface area contributed by atoms with Gasteiger partial charge in [0.15, 0.2) is 35.6 Å². The Labute approximate surface area is 411 Å². The van der Waals surface area contributed by atoms with E-state index >= 15 is 0 Å². The number of amidine groups is 1. The normalized spacial score (nSPS) is 16.8. The number of methoxy groups -OCH3 is 1. The Hall–Kier alpha value is -6.58. The van der Waals surface area contributed by atoms with Crippen molar-refractivity contribution in [2.75, 3.05) is 18.6 Å². The van der Waals surface area contributed by atoms with Crippen molar-refractivity contribution < 1.29 is 52.3 Å². The summed E-state index contributed by atoms with van der Waals surface area (Å²) in [6, 6.07) is 13.0. The second kappa shape index (κ2) is 20.2. The Morgan fingerprint density at radius 1 is 0.957 bits per heavy atom. The molecule has 0 saturated carbocycles. The average Bonchev–Trinajstić information content (AvgIpc) is 4.04. The Bertz CT molecular complexity index is 2880. The van der Waals surface area contributed by atoms with Gasteiger partial charge in [0.05, 0.1) is 35.8 Å². The van der Waals surface area contributed by atoms with Gasteiger partial charge in [-0.05, 0) is 85.2 Å². The van der Waals surface area contributed by atoms with Crippen LogP contribution in [0.3, 0.4) is 0 Å². The van der Waals surface area contributed by atoms with Gasteiger partial charge in [0.1, 0.15) is 40.8 Å². The SMILES string of the molecule is COc1ccc(COC(=O)C2=C(C[n+]3ccc4c(ccn4Cc4cc(C(N)=NC(=O)OC(C)(C)C)cs4)c3)CS[C@@H]3[C@H](CC(=O)/C(=N\OC(C)(C)C(=O)OC(C)(C)C)c4csc(N)n4)C(=O)N23)cc1. The Balaban J connectivity index is 1.11. The van der Waals surface area contributed by atoms with Gasteiger partial charge in [0.2, 0.25) is 11.5 Å². The van der Waals surface area contributed by atoms with Gasteiger partial charge in [-0.15, -0.1) is 34.4 Å². The number of esters is 2. The van der Waals surface area contributed by atoms with Gasteiger partial charge in [0, 0.05) is 51.2 Å². The van der Waals surface area contributed by atoms with Crippen LogP contribution in [-0.2, 0) is 57.9 Å². The number of oxime groups is 1. The second-order valence-electron chi connectivity index (χ2n) is 18.8. The molecule has 2 aliphatic heterocycles. The van der Waals surface area contributed by atoms with Gasteiger partial charge in [-0.2, -0.15) is 4.99 Å². The van der Waals surface area contributed by atoms with Gasteiger partial charge < -0.3 is 39.8 Å². The van der Waals surface area contributed by atoms with Crippen LogP contribution < -0.4 is 20.8 Å². The number of anilines is 1. The molecule has 1 aromatic carbocycles. The Kier molecular flexibility index (Phi) is 14.7. The number of hydrogen-bond donors (Lipinski definition) is 2. The Morgan fingerprint density at radius 2 is 1.68 bits per heavy atom. The summed E-state index contributed by atoms with van der Waals surface area (Å²) in [5, 5.41) is 8.03. The molecule has 2 atom stereocenters. The number of aliphatic imine (C=N–C) groups is 1. The van der Waals surface area contributed by atoms with Crippen LogP contribution in [0.25, 0.3) is 10.9 Å². The smallest absolute Gasteiger partial charge is 0.436 e. The van der Waals surface area contributed by atoms with Crippen LogP contribution in [0, 0.1) is 5.92 Å². The lowest BCUT2D eigenvalue weighted by atomic mass is 9.89. The third-order valence-electron chi connectivity index (χ3n) is 10.6. The van der Waals surface area contributed by atoms with Gasteiger partial charge in [-0.25, -0.2) is 23.9 Å². The number of carbonyl (C=O) groups is 5. The summed E-state index contributed by atoms with van der Waals surface area (Å²) in [7, 11) is 1.56. The molecule has 2 amide bonds. The van der Waals surface area contributed by atoms with Crippen molar-refractivity contribution in [1.29, 1.82) is 0 Å². The predicted octanol–water partition coefficient (Wildman–Crippen LogP) is 6.76. The first-order chi connectivity index (χ1) is 32.5. The zero-order valence-corrected chi connectivity index (χ0v) is 42.2. The van der Waals surface area contributed by atoms with E-state index < -0.39 is 57.8 Å². The summed E-state index contributed by atoms with van der Waals surface area (Å²) >= 11 is 4.02. The number of nitrogens with zero attached hydrogens (tertiary/aromatic N) is 6. The molecule has 4 N–H and O–H groups in total. The summed E-state index contributed by atoms with van der Waals surface area (Å²) in [4.78, 5) is 83.9. The maximum absolute atomic E-state index is 14.3. The van der Waals surface area contributed by atoms with E-state index in [1.54, 1.807) is 78.3 Å². The van der Waals surface area contributed by atoms with Crippen LogP contribution in [0.5, 0.6) is 5.75 Å². The molecule has 21 heteroatoms. The van der Waals surface area contributed by atoms with Crippen molar-refractivity contribution in [3.05, 3.63) is 105 Å². The number of ketones is 1. The summed E-state index contributed by atoms with van der Waals surface area (Å²) in [6.07, 6.45) is 4.81. The van der Waals surface area contributed by atoms with E-state index in [0.29, 0.717) is 29.2 Å². The molecule has 18 nitrogen and oxygen atoms in total. The lowest BCUT2D eigenvalue weighted by molar-refractivity contribution is -0.687. The summed E-state index contributed by atoms with van der Waals surface area (Å²) < 4.78 is 25.9. The van der Waals surface area contributed by atoms with Crippen LogP contribution in [0.1, 0.15) is 83.5 Å². The van der Waals surface area contributed by atoms with Crippen molar-refractivity contribution in [3.8, 4) is 5.75 Å². The number of ether oxygens (including phenoxy) is 4. The van der Waals surface area contributed by atoms with Crippen molar-refractivity contribution in [3.63, 3.8) is 0 Å². The molecule has 0 radical (unpaired) electrons. The zero-order chi connectivity index (χ0) is 50.0. The van der Waals surface area contributed by atoms with E-state index in [1.165, 1.54) is 41.8 Å². The molecular formula is C48H55N8O10S3+. The number of nitrogens with two attached hydrogens (primary N) is 2. The first-order valence-corrected chi connectivity index (χ1v) is 24.6. The van der Waals surface area contributed by atoms with E-state index in [1.807, 2.05) is 46.7 Å². The predicted molar refractivity (Wildman–Crippen MR) is 263 cm³/mol. The molecule has 4 aromatic heterocycles. The van der Waals surface area contributed by atoms with Gasteiger partial charge in [-0.3, -0.25) is 14.5 Å². The molecule has 1 fully saturated rings. The number of nitrogen functional groups attached to an aromatic ring is 1. The van der Waals surface area contributed by atoms with Gasteiger partial charge in [0.25, 0.3) is 0 Å². The van der Waals surface area contributed by atoms with Crippen molar-refractivity contribution in [2.24, 2.45) is 21.8 Å². The minimum absolute atomic E-state index is 0.0565. The second-order valence-corrected chi connectivity index (χ2v) is 21.8. The largest absolute Gasteiger partial charge is 0.497 e. The maximum Gasteiger partial charge on any atom is 0.436 e. The number of carbonyl (C=O) groups excluding carboxylic acids is 5. The lowest BCUT2D eigenvalue weighted by Crippen LogP contribution is -2.62. The number of thioether (sulfide) groups is 1. The molecule has 364 valence electrons. The first kappa shape index (κ1) is 50.3. The number of thiazole rings is 1. The number of hydrogen-bond acceptors (Lipinski definition) is 16. The fourth-order valence-electron chi connectivity index (χ4n) is 7.26. The molecular weight excluding hydrogens is 945 g/mol. The van der Waals surface area contributed by atoms with E-state index in [2.05, 4.69) is 19.7 Å². The van der Waals surface area contributed by atoms with Crippen LogP contribution in [0.15, 0.2) is 93.2 Å². The van der Waals surface area contributed by atoms with Crippen molar-refractivity contribution in [2.45, 2.75) is 104 Å². The number of Topliss-reactive ketones (excluding diaryl/α,β-unsaturated/α-hetero) is 1. The minimum Gasteiger partial charge on any atom is -0.497 e. The number of aromatic nitrogens is 3. The maximum atomic E-state index is 14.3. The van der Waals surface area contributed by atoms with Crippen molar-refractivity contribution in [1.82, 2.24) is 14.5 Å². The average molecular weight is 1000 g/mol. The first-order valence-electron chi connectivity index (χ1n) is 21.8. The van der Waals surface area contributed by atoms with E-state index in [9.17, 15) is 24.0 Å². The quantitative estimate of drug-likeness (QED) is 0.0198. The van der Waals surface area contributed by atoms with E-state index in [4.69, 9.17) is 35.3 Å². The van der Waals surface area contributed by atoms with E-state index in [-0.39, 0.29) is 47.6 Å². The number of β-lactam (4-membered cyclic amide) rings is 1. The highest BCUT2D eigenvalue weighted by Gasteiger charge is 2.55. The van der Waals surface area contributed by atoms with Crippen LogP contribution in [0.2, 0.25) is 0 Å². The molecule has 69 heavy (non-hydrogen) atoms. The van der Waals surface area contributed by atoms with Gasteiger partial charge >= 0.3 is 18.0 Å². The third-order valence-corrected chi connectivity index (χ3v) is 13.6. The third kappa shape index (κ3) is 12.2. The fraction of sp³-hybridized carbons (Fsp3) is 0.396. The number of pyridine rings is 1. The topological polar surface area (TPSA) is 233 Å². The van der Waals surface area contributed by atoms with Crippen LogP contribution in [0.4, 0.5) is 9.93 Å². The molecule has 2 aliphatic rings. The van der Waals surface area contributed by atoms with Gasteiger partial charge in [-0.1, -0.05) is 17.3 Å². The molecule has 1 saturated heterocycles. The molecule has 0 unspecified atom stereocenters. The van der Waals surface area contributed by atoms with E-state index in [0.717, 1.165) is 32.7 Å². The number of rotatable bonds is 16. The molecule has 0 bridgehead atoms. The highest BCUT2D eigenvalue weighted by molar-refractivity contribution is 8.00. The number of amides is 2. The summed E-state index contributed by atoms with van der Waals surface area (Å²) in [6.45, 7) is 14.1. The molecule has 0 aliphatic carbocycles. The highest BCUT2D eigenvalue weighted by atomic mass is 32.2. The fourth-order valence-corrected chi connectivity index (χ4v) is 10.1. The number of fused-ring (bicyclic) bond motifs is 2. The monoisotopic (exact) mass is 999 g/mol. The molecule has 0 spiro atoms. The van der Waals surface area contributed by atoms with Crippen LogP contribution in [-0.4, -0.2) is 90.8 Å². The number of thiophene rings is 1. The molecule has 5 aromatic rings. The van der Waals surface area contributed by atoms with Crippen LogP contribution >= 0.6 is 34.4 Å².